The summed E-state index contributed by atoms with van der Waals surface area (Å²) in [5, 5.41) is 0.529. The van der Waals surface area contributed by atoms with Gasteiger partial charge in [-0.3, -0.25) is 4.90 Å². The molecule has 3 fully saturated rings. The molecule has 3 aliphatic rings. The highest BCUT2D eigenvalue weighted by Crippen LogP contribution is 2.41. The van der Waals surface area contributed by atoms with Crippen molar-refractivity contribution in [2.24, 2.45) is 5.92 Å². The summed E-state index contributed by atoms with van der Waals surface area (Å²) in [4.78, 5) is 28.4. The molecule has 11 heteroatoms. The van der Waals surface area contributed by atoms with E-state index in [1.165, 1.54) is 25.5 Å². The second kappa shape index (κ2) is 12.3. The SMILES string of the molecule is COC(=O)c1ccc2nc(CN3CCC(Cc4cnc(COc5ncc(C6CC6)cc5Cl)o4)CC3)n(C[C@@H]3CCO3)c2c1. The molecule has 1 aliphatic carbocycles. The van der Waals surface area contributed by atoms with Gasteiger partial charge in [0.1, 0.15) is 16.6 Å². The largest absolute Gasteiger partial charge is 0.467 e. The van der Waals surface area contributed by atoms with Crippen molar-refractivity contribution in [3.05, 3.63) is 70.3 Å². The van der Waals surface area contributed by atoms with E-state index in [1.807, 2.05) is 30.6 Å². The molecule has 1 aromatic carbocycles. The highest BCUT2D eigenvalue weighted by atomic mass is 35.5. The normalized spacial score (nSPS) is 19.4. The Morgan fingerprint density at radius 2 is 1.93 bits per heavy atom. The van der Waals surface area contributed by atoms with Crippen LogP contribution in [0.25, 0.3) is 11.0 Å². The van der Waals surface area contributed by atoms with Crippen LogP contribution in [0.15, 0.2) is 41.1 Å². The molecule has 1 saturated carbocycles. The second-order valence-corrected chi connectivity index (χ2v) is 12.3. The zero-order chi connectivity index (χ0) is 29.3. The zero-order valence-electron chi connectivity index (χ0n) is 24.3. The summed E-state index contributed by atoms with van der Waals surface area (Å²) in [6.45, 7) is 4.44. The molecule has 0 unspecified atom stereocenters. The molecule has 10 nitrogen and oxygen atoms in total. The van der Waals surface area contributed by atoms with Crippen molar-refractivity contribution in [3.8, 4) is 5.88 Å². The summed E-state index contributed by atoms with van der Waals surface area (Å²) < 4.78 is 24.7. The lowest BCUT2D eigenvalue weighted by Crippen LogP contribution is -2.36. The molecule has 3 aromatic heterocycles. The van der Waals surface area contributed by atoms with Crippen LogP contribution in [-0.4, -0.2) is 63.3 Å². The molecule has 1 atom stereocenters. The number of pyridine rings is 1. The Balaban J connectivity index is 0.938. The molecule has 0 N–H and O–H groups in total. The van der Waals surface area contributed by atoms with Gasteiger partial charge in [-0.2, -0.15) is 0 Å². The topological polar surface area (TPSA) is 105 Å². The average molecular weight is 606 g/mol. The number of methoxy groups -OCH3 is 1. The Kier molecular flexibility index (Phi) is 8.07. The standard InChI is InChI=1S/C32H36ClN5O5/c1-40-32(39)22-4-5-27-28(14-22)38(17-24-8-11-41-24)29(36-27)18-37-9-6-20(7-10-37)12-25-16-34-30(43-25)19-42-31-26(33)13-23(15-35-31)21-2-3-21/h4-5,13-16,20-21,24H,2-3,6-12,17-19H2,1H3/t24-/m0/s1. The van der Waals surface area contributed by atoms with Crippen molar-refractivity contribution in [2.75, 3.05) is 26.8 Å². The quantitative estimate of drug-likeness (QED) is 0.203. The minimum absolute atomic E-state index is 0.182. The maximum atomic E-state index is 12.2. The fourth-order valence-electron chi connectivity index (χ4n) is 6.03. The van der Waals surface area contributed by atoms with Gasteiger partial charge < -0.3 is 23.2 Å². The lowest BCUT2D eigenvalue weighted by Gasteiger charge is -2.32. The van der Waals surface area contributed by atoms with Crippen LogP contribution in [0.3, 0.4) is 0 Å². The smallest absolute Gasteiger partial charge is 0.337 e. The van der Waals surface area contributed by atoms with E-state index in [0.717, 1.165) is 81.1 Å². The molecule has 2 aliphatic heterocycles. The third-order valence-electron chi connectivity index (χ3n) is 8.80. The number of esters is 1. The first-order chi connectivity index (χ1) is 21.0. The first-order valence-corrected chi connectivity index (χ1v) is 15.5. The first kappa shape index (κ1) is 28.3. The third kappa shape index (κ3) is 6.41. The summed E-state index contributed by atoms with van der Waals surface area (Å²) in [7, 11) is 1.40. The van der Waals surface area contributed by atoms with Gasteiger partial charge in [0.25, 0.3) is 0 Å². The number of fused-ring (bicyclic) bond motifs is 1. The number of halogens is 1. The van der Waals surface area contributed by atoms with Gasteiger partial charge in [-0.25, -0.2) is 19.7 Å². The van der Waals surface area contributed by atoms with E-state index in [9.17, 15) is 4.79 Å². The summed E-state index contributed by atoms with van der Waals surface area (Å²) in [5.41, 5.74) is 3.54. The molecule has 7 rings (SSSR count). The Morgan fingerprint density at radius 1 is 1.09 bits per heavy atom. The molecular weight excluding hydrogens is 570 g/mol. The van der Waals surface area contributed by atoms with Crippen LogP contribution in [0.5, 0.6) is 5.88 Å². The first-order valence-electron chi connectivity index (χ1n) is 15.2. The van der Waals surface area contributed by atoms with Crippen LogP contribution in [0.4, 0.5) is 0 Å². The summed E-state index contributed by atoms with van der Waals surface area (Å²) >= 11 is 6.38. The number of rotatable bonds is 11. The highest BCUT2D eigenvalue weighted by molar-refractivity contribution is 6.31. The number of aromatic nitrogens is 4. The van der Waals surface area contributed by atoms with Crippen LogP contribution < -0.4 is 4.74 Å². The van der Waals surface area contributed by atoms with Crippen LogP contribution >= 0.6 is 11.6 Å². The van der Waals surface area contributed by atoms with Gasteiger partial charge in [-0.05, 0) is 86.9 Å². The third-order valence-corrected chi connectivity index (χ3v) is 9.07. The van der Waals surface area contributed by atoms with E-state index in [2.05, 4.69) is 19.4 Å². The molecule has 4 aromatic rings. The van der Waals surface area contributed by atoms with Gasteiger partial charge in [0, 0.05) is 19.2 Å². The number of carbonyl (C=O) groups is 1. The Labute approximate surface area is 255 Å². The van der Waals surface area contributed by atoms with Crippen molar-refractivity contribution >= 4 is 28.6 Å². The van der Waals surface area contributed by atoms with E-state index in [0.29, 0.717) is 34.2 Å². The van der Waals surface area contributed by atoms with Gasteiger partial charge in [0.05, 0.1) is 49.1 Å². The number of nitrogens with zero attached hydrogens (tertiary/aromatic N) is 5. The molecule has 0 bridgehead atoms. The lowest BCUT2D eigenvalue weighted by molar-refractivity contribution is -0.0592. The van der Waals surface area contributed by atoms with Crippen LogP contribution in [-0.2, 0) is 35.6 Å². The second-order valence-electron chi connectivity index (χ2n) is 11.9. The number of likely N-dealkylation sites (tertiary alicyclic amines) is 1. The minimum Gasteiger partial charge on any atom is -0.467 e. The van der Waals surface area contributed by atoms with E-state index < -0.39 is 0 Å². The van der Waals surface area contributed by atoms with Gasteiger partial charge in [-0.15, -0.1) is 0 Å². The number of hydrogen-bond donors (Lipinski definition) is 0. The molecule has 0 amide bonds. The lowest BCUT2D eigenvalue weighted by atomic mass is 9.93. The number of oxazole rings is 1. The highest BCUT2D eigenvalue weighted by Gasteiger charge is 2.27. The van der Waals surface area contributed by atoms with Gasteiger partial charge in [0.2, 0.25) is 11.8 Å². The van der Waals surface area contributed by atoms with E-state index in [4.69, 9.17) is 35.2 Å². The fourth-order valence-corrected chi connectivity index (χ4v) is 6.26. The molecule has 5 heterocycles. The Bertz CT molecular complexity index is 1600. The van der Waals surface area contributed by atoms with E-state index in [-0.39, 0.29) is 18.7 Å². The van der Waals surface area contributed by atoms with Crippen LogP contribution in [0.1, 0.15) is 71.4 Å². The van der Waals surface area contributed by atoms with Crippen molar-refractivity contribution < 1.29 is 23.4 Å². The molecule has 43 heavy (non-hydrogen) atoms. The van der Waals surface area contributed by atoms with Crippen molar-refractivity contribution in [1.82, 2.24) is 24.4 Å². The molecule has 0 spiro atoms. The van der Waals surface area contributed by atoms with Gasteiger partial charge in [0.15, 0.2) is 6.61 Å². The number of benzene rings is 1. The fraction of sp³-hybridized carbons (Fsp3) is 0.500. The van der Waals surface area contributed by atoms with Crippen LogP contribution in [0, 0.1) is 5.92 Å². The summed E-state index contributed by atoms with van der Waals surface area (Å²) in [6, 6.07) is 7.52. The van der Waals surface area contributed by atoms with Crippen molar-refractivity contribution in [3.63, 3.8) is 0 Å². The molecule has 226 valence electrons. The van der Waals surface area contributed by atoms with Crippen molar-refractivity contribution in [2.45, 2.75) is 70.2 Å². The van der Waals surface area contributed by atoms with E-state index >= 15 is 0 Å². The number of carbonyl (C=O) groups excluding carboxylic acids is 1. The van der Waals surface area contributed by atoms with E-state index in [1.54, 1.807) is 6.07 Å². The predicted octanol–water partition coefficient (Wildman–Crippen LogP) is 5.56. The molecule has 0 radical (unpaired) electrons. The monoisotopic (exact) mass is 605 g/mol. The maximum Gasteiger partial charge on any atom is 0.337 e. The average Bonchev–Trinajstić information content (AvgIpc) is 3.67. The maximum absolute atomic E-state index is 12.2. The summed E-state index contributed by atoms with van der Waals surface area (Å²) in [5.74, 6) is 3.60. The number of hydrogen-bond acceptors (Lipinski definition) is 9. The molecular formula is C32H36ClN5O5. The number of ether oxygens (including phenoxy) is 3. The van der Waals surface area contributed by atoms with Crippen molar-refractivity contribution in [1.29, 1.82) is 0 Å². The predicted molar refractivity (Wildman–Crippen MR) is 159 cm³/mol. The van der Waals surface area contributed by atoms with Gasteiger partial charge >= 0.3 is 5.97 Å². The van der Waals surface area contributed by atoms with Gasteiger partial charge in [-0.1, -0.05) is 11.6 Å². The number of imidazole rings is 1. The van der Waals surface area contributed by atoms with Crippen LogP contribution in [0.2, 0.25) is 5.02 Å². The zero-order valence-corrected chi connectivity index (χ0v) is 25.1. The Hall–Kier alpha value is -3.47. The number of piperidine rings is 1. The minimum atomic E-state index is -0.343. The Morgan fingerprint density at radius 3 is 2.65 bits per heavy atom. The molecule has 2 saturated heterocycles. The summed E-state index contributed by atoms with van der Waals surface area (Å²) in [6.07, 6.45) is 10.3.